The average Bonchev–Trinajstić information content (AvgIpc) is 2.34. The largest absolute Gasteiger partial charge is 0.370 e. The van der Waals surface area contributed by atoms with E-state index in [-0.39, 0.29) is 11.6 Å². The van der Waals surface area contributed by atoms with Crippen molar-refractivity contribution in [2.75, 3.05) is 11.9 Å². The molecule has 2 aromatic carbocycles. The van der Waals surface area contributed by atoms with Crippen molar-refractivity contribution in [2.45, 2.75) is 6.54 Å². The Balaban J connectivity index is 2.13. The van der Waals surface area contributed by atoms with E-state index in [0.29, 0.717) is 11.0 Å². The Morgan fingerprint density at radius 1 is 1.06 bits per heavy atom. The first-order chi connectivity index (χ1) is 8.56. The summed E-state index contributed by atoms with van der Waals surface area (Å²) in [7, 11) is 1.91. The van der Waals surface area contributed by atoms with Crippen LogP contribution in [0.15, 0.2) is 46.9 Å². The number of anilines is 1. The Bertz CT molecular complexity index is 540. The van der Waals surface area contributed by atoms with Crippen molar-refractivity contribution in [3.8, 4) is 0 Å². The first kappa shape index (κ1) is 13.0. The Kier molecular flexibility index (Phi) is 3.97. The van der Waals surface area contributed by atoms with E-state index < -0.39 is 0 Å². The standard InChI is InChI=1S/C14H12BrF2N/c1-18(12-5-3-11(16)4-6-12)9-10-2-7-14(17)13(15)8-10/h2-8H,9H2,1H3. The predicted molar refractivity (Wildman–Crippen MR) is 72.6 cm³/mol. The zero-order chi connectivity index (χ0) is 13.1. The van der Waals surface area contributed by atoms with Gasteiger partial charge in [0.1, 0.15) is 11.6 Å². The van der Waals surface area contributed by atoms with E-state index >= 15 is 0 Å². The van der Waals surface area contributed by atoms with Gasteiger partial charge in [-0.3, -0.25) is 0 Å². The number of hydrogen-bond acceptors (Lipinski definition) is 1. The van der Waals surface area contributed by atoms with Crippen LogP contribution >= 0.6 is 15.9 Å². The molecule has 0 saturated heterocycles. The first-order valence-electron chi connectivity index (χ1n) is 5.47. The second-order valence-electron chi connectivity index (χ2n) is 4.08. The van der Waals surface area contributed by atoms with Crippen molar-refractivity contribution in [1.82, 2.24) is 0 Å². The van der Waals surface area contributed by atoms with E-state index in [1.165, 1.54) is 18.2 Å². The van der Waals surface area contributed by atoms with Gasteiger partial charge in [0.15, 0.2) is 0 Å². The predicted octanol–water partition coefficient (Wildman–Crippen LogP) is 4.36. The van der Waals surface area contributed by atoms with Gasteiger partial charge in [-0.2, -0.15) is 0 Å². The lowest BCUT2D eigenvalue weighted by atomic mass is 10.2. The third-order valence-electron chi connectivity index (χ3n) is 2.67. The molecule has 0 spiro atoms. The maximum absolute atomic E-state index is 13.1. The first-order valence-corrected chi connectivity index (χ1v) is 6.26. The molecule has 18 heavy (non-hydrogen) atoms. The molecule has 0 amide bonds. The molecule has 0 aliphatic heterocycles. The molecule has 0 aliphatic carbocycles. The highest BCUT2D eigenvalue weighted by Crippen LogP contribution is 2.20. The fraction of sp³-hybridized carbons (Fsp3) is 0.143. The zero-order valence-electron chi connectivity index (χ0n) is 9.83. The van der Waals surface area contributed by atoms with Crippen molar-refractivity contribution in [3.63, 3.8) is 0 Å². The second-order valence-corrected chi connectivity index (χ2v) is 4.94. The summed E-state index contributed by atoms with van der Waals surface area (Å²) in [4.78, 5) is 1.97. The highest BCUT2D eigenvalue weighted by Gasteiger charge is 2.05. The number of rotatable bonds is 3. The van der Waals surface area contributed by atoms with Crippen molar-refractivity contribution < 1.29 is 8.78 Å². The van der Waals surface area contributed by atoms with Crippen molar-refractivity contribution in [2.24, 2.45) is 0 Å². The summed E-state index contributed by atoms with van der Waals surface area (Å²) >= 11 is 3.16. The summed E-state index contributed by atoms with van der Waals surface area (Å²) in [6, 6.07) is 11.2. The Hall–Kier alpha value is -1.42. The van der Waals surface area contributed by atoms with Gasteiger partial charge in [0.05, 0.1) is 4.47 Å². The summed E-state index contributed by atoms with van der Waals surface area (Å²) in [6.45, 7) is 0.629. The monoisotopic (exact) mass is 311 g/mol. The van der Waals surface area contributed by atoms with E-state index in [4.69, 9.17) is 0 Å². The molecule has 0 unspecified atom stereocenters. The van der Waals surface area contributed by atoms with Gasteiger partial charge in [-0.1, -0.05) is 6.07 Å². The fourth-order valence-corrected chi connectivity index (χ4v) is 2.12. The Labute approximate surface area is 113 Å². The van der Waals surface area contributed by atoms with Crippen molar-refractivity contribution in [1.29, 1.82) is 0 Å². The van der Waals surface area contributed by atoms with Gasteiger partial charge in [0.25, 0.3) is 0 Å². The van der Waals surface area contributed by atoms with Gasteiger partial charge in [-0.05, 0) is 57.9 Å². The van der Waals surface area contributed by atoms with Gasteiger partial charge in [0.2, 0.25) is 0 Å². The molecule has 0 heterocycles. The molecule has 0 saturated carbocycles. The van der Waals surface area contributed by atoms with Crippen LogP contribution in [0, 0.1) is 11.6 Å². The minimum Gasteiger partial charge on any atom is -0.370 e. The molecule has 0 bridgehead atoms. The van der Waals surface area contributed by atoms with Gasteiger partial charge < -0.3 is 4.90 Å². The van der Waals surface area contributed by atoms with Gasteiger partial charge in [-0.15, -0.1) is 0 Å². The molecular weight excluding hydrogens is 300 g/mol. The highest BCUT2D eigenvalue weighted by atomic mass is 79.9. The summed E-state index contributed by atoms with van der Waals surface area (Å²) in [5, 5.41) is 0. The minimum absolute atomic E-state index is 0.253. The van der Waals surface area contributed by atoms with Gasteiger partial charge >= 0.3 is 0 Å². The molecule has 0 aromatic heterocycles. The number of halogens is 3. The Morgan fingerprint density at radius 2 is 1.72 bits per heavy atom. The van der Waals surface area contributed by atoms with Crippen molar-refractivity contribution in [3.05, 3.63) is 64.1 Å². The quantitative estimate of drug-likeness (QED) is 0.814. The normalized spacial score (nSPS) is 10.4. The van der Waals surface area contributed by atoms with Crippen LogP contribution in [0.5, 0.6) is 0 Å². The van der Waals surface area contributed by atoms with Crippen molar-refractivity contribution >= 4 is 21.6 Å². The molecule has 0 aliphatic rings. The van der Waals surface area contributed by atoms with Crippen LogP contribution in [0.3, 0.4) is 0 Å². The third kappa shape index (κ3) is 3.07. The van der Waals surface area contributed by atoms with Crippen LogP contribution < -0.4 is 4.90 Å². The number of benzene rings is 2. The van der Waals surface area contributed by atoms with Gasteiger partial charge in [-0.25, -0.2) is 8.78 Å². The molecular formula is C14H12BrF2N. The number of nitrogens with zero attached hydrogens (tertiary/aromatic N) is 1. The Morgan fingerprint density at radius 3 is 2.33 bits per heavy atom. The van der Waals surface area contributed by atoms with E-state index in [0.717, 1.165) is 11.3 Å². The fourth-order valence-electron chi connectivity index (χ4n) is 1.70. The molecule has 2 rings (SSSR count). The van der Waals surface area contributed by atoms with E-state index in [1.807, 2.05) is 11.9 Å². The van der Waals surface area contributed by atoms with Crippen LogP contribution in [0.2, 0.25) is 0 Å². The van der Waals surface area contributed by atoms with Gasteiger partial charge in [0, 0.05) is 19.3 Å². The van der Waals surface area contributed by atoms with E-state index in [2.05, 4.69) is 15.9 Å². The lowest BCUT2D eigenvalue weighted by Crippen LogP contribution is -2.16. The smallest absolute Gasteiger partial charge is 0.137 e. The second kappa shape index (κ2) is 5.48. The molecule has 94 valence electrons. The maximum Gasteiger partial charge on any atom is 0.137 e. The SMILES string of the molecule is CN(Cc1ccc(F)c(Br)c1)c1ccc(F)cc1. The number of hydrogen-bond donors (Lipinski definition) is 0. The summed E-state index contributed by atoms with van der Waals surface area (Å²) < 4.78 is 26.4. The summed E-state index contributed by atoms with van der Waals surface area (Å²) in [5.41, 5.74) is 1.90. The lowest BCUT2D eigenvalue weighted by Gasteiger charge is -2.19. The topological polar surface area (TPSA) is 3.24 Å². The highest BCUT2D eigenvalue weighted by molar-refractivity contribution is 9.10. The molecule has 0 N–H and O–H groups in total. The zero-order valence-corrected chi connectivity index (χ0v) is 11.4. The van der Waals surface area contributed by atoms with Crippen LogP contribution in [-0.2, 0) is 6.54 Å². The maximum atomic E-state index is 13.1. The summed E-state index contributed by atoms with van der Waals surface area (Å²) in [5.74, 6) is -0.528. The van der Waals surface area contributed by atoms with Crippen LogP contribution in [0.25, 0.3) is 0 Å². The van der Waals surface area contributed by atoms with Crippen LogP contribution in [-0.4, -0.2) is 7.05 Å². The summed E-state index contributed by atoms with van der Waals surface area (Å²) in [6.07, 6.45) is 0. The van der Waals surface area contributed by atoms with E-state index in [9.17, 15) is 8.78 Å². The third-order valence-corrected chi connectivity index (χ3v) is 3.28. The van der Waals surface area contributed by atoms with E-state index in [1.54, 1.807) is 24.3 Å². The van der Waals surface area contributed by atoms with Crippen LogP contribution in [0.1, 0.15) is 5.56 Å². The molecule has 1 nitrogen and oxygen atoms in total. The molecule has 4 heteroatoms. The molecule has 0 fully saturated rings. The molecule has 2 aromatic rings. The van der Waals surface area contributed by atoms with Crippen LogP contribution in [0.4, 0.5) is 14.5 Å². The average molecular weight is 312 g/mol. The minimum atomic E-state index is -0.275. The molecule has 0 radical (unpaired) electrons. The lowest BCUT2D eigenvalue weighted by molar-refractivity contribution is 0.620. The molecule has 0 atom stereocenters.